The minimum absolute atomic E-state index is 0.839. The molecule has 0 aliphatic carbocycles. The van der Waals surface area contributed by atoms with Crippen molar-refractivity contribution in [3.05, 3.63) is 40.3 Å². The Labute approximate surface area is 114 Å². The van der Waals surface area contributed by atoms with Gasteiger partial charge in [-0.2, -0.15) is 5.10 Å². The lowest BCUT2D eigenvalue weighted by molar-refractivity contribution is 0.780. The summed E-state index contributed by atoms with van der Waals surface area (Å²) >= 11 is 0. The maximum Gasteiger partial charge on any atom is 0.156 e. The fourth-order valence-electron chi connectivity index (χ4n) is 2.54. The van der Waals surface area contributed by atoms with E-state index in [0.717, 1.165) is 30.0 Å². The van der Waals surface area contributed by atoms with Gasteiger partial charge in [-0.05, 0) is 57.0 Å². The van der Waals surface area contributed by atoms with Crippen LogP contribution in [0.25, 0.3) is 5.82 Å². The Bertz CT molecular complexity index is 584. The number of aryl methyl sites for hydroxylation is 2. The van der Waals surface area contributed by atoms with E-state index in [4.69, 9.17) is 0 Å². The molecule has 0 aliphatic heterocycles. The first-order valence-electron chi connectivity index (χ1n) is 6.74. The predicted octanol–water partition coefficient (Wildman–Crippen LogP) is 2.47. The molecule has 2 aromatic heterocycles. The lowest BCUT2D eigenvalue weighted by Gasteiger charge is -2.09. The molecule has 0 spiro atoms. The van der Waals surface area contributed by atoms with Gasteiger partial charge in [0.25, 0.3) is 0 Å². The van der Waals surface area contributed by atoms with Gasteiger partial charge < -0.3 is 5.32 Å². The van der Waals surface area contributed by atoms with Gasteiger partial charge >= 0.3 is 0 Å². The van der Waals surface area contributed by atoms with E-state index in [1.807, 2.05) is 17.9 Å². The van der Waals surface area contributed by atoms with Crippen LogP contribution < -0.4 is 5.32 Å². The Balaban J connectivity index is 2.47. The zero-order chi connectivity index (χ0) is 14.0. The van der Waals surface area contributed by atoms with Crippen molar-refractivity contribution in [1.82, 2.24) is 20.1 Å². The van der Waals surface area contributed by atoms with E-state index < -0.39 is 0 Å². The highest BCUT2D eigenvalue weighted by atomic mass is 15.3. The highest BCUT2D eigenvalue weighted by molar-refractivity contribution is 5.39. The molecule has 2 rings (SSSR count). The Morgan fingerprint density at radius 3 is 2.53 bits per heavy atom. The Hall–Kier alpha value is -1.68. The molecule has 0 amide bonds. The van der Waals surface area contributed by atoms with E-state index in [0.29, 0.717) is 0 Å². The second-order valence-corrected chi connectivity index (χ2v) is 4.93. The van der Waals surface area contributed by atoms with Gasteiger partial charge in [-0.15, -0.1) is 0 Å². The van der Waals surface area contributed by atoms with Crippen molar-refractivity contribution in [3.8, 4) is 5.82 Å². The Kier molecular flexibility index (Phi) is 4.00. The third-order valence-electron chi connectivity index (χ3n) is 3.48. The van der Waals surface area contributed by atoms with Crippen molar-refractivity contribution < 1.29 is 0 Å². The largest absolute Gasteiger partial charge is 0.316 e. The summed E-state index contributed by atoms with van der Waals surface area (Å²) in [5, 5.41) is 7.77. The quantitative estimate of drug-likeness (QED) is 0.916. The number of aromatic nitrogens is 3. The predicted molar refractivity (Wildman–Crippen MR) is 77.7 cm³/mol. The summed E-state index contributed by atoms with van der Waals surface area (Å²) < 4.78 is 1.96. The summed E-state index contributed by atoms with van der Waals surface area (Å²) in [7, 11) is 1.94. The van der Waals surface area contributed by atoms with Crippen LogP contribution in [0.4, 0.5) is 0 Å². The highest BCUT2D eigenvalue weighted by Gasteiger charge is 2.13. The fourth-order valence-corrected chi connectivity index (χ4v) is 2.54. The van der Waals surface area contributed by atoms with Crippen molar-refractivity contribution in [1.29, 1.82) is 0 Å². The van der Waals surface area contributed by atoms with Gasteiger partial charge in [-0.1, -0.05) is 6.92 Å². The van der Waals surface area contributed by atoms with Gasteiger partial charge in [0.15, 0.2) is 5.82 Å². The molecule has 0 saturated carbocycles. The molecule has 102 valence electrons. The Morgan fingerprint density at radius 1 is 1.26 bits per heavy atom. The minimum Gasteiger partial charge on any atom is -0.316 e. The summed E-state index contributed by atoms with van der Waals surface area (Å²) in [5.41, 5.74) is 5.96. The number of hydrogen-bond acceptors (Lipinski definition) is 3. The van der Waals surface area contributed by atoms with Gasteiger partial charge in [-0.3, -0.25) is 0 Å². The lowest BCUT2D eigenvalue weighted by atomic mass is 10.1. The minimum atomic E-state index is 0.839. The van der Waals surface area contributed by atoms with E-state index in [2.05, 4.69) is 49.2 Å². The van der Waals surface area contributed by atoms with Crippen molar-refractivity contribution in [2.24, 2.45) is 0 Å². The van der Waals surface area contributed by atoms with E-state index >= 15 is 0 Å². The first-order valence-corrected chi connectivity index (χ1v) is 6.74. The third kappa shape index (κ3) is 2.54. The van der Waals surface area contributed by atoms with Gasteiger partial charge in [0.05, 0.1) is 5.69 Å². The number of nitrogens with zero attached hydrogens (tertiary/aromatic N) is 3. The molecule has 0 fully saturated rings. The van der Waals surface area contributed by atoms with Crippen LogP contribution in [-0.2, 0) is 13.0 Å². The third-order valence-corrected chi connectivity index (χ3v) is 3.48. The average molecular weight is 258 g/mol. The molecule has 4 nitrogen and oxygen atoms in total. The van der Waals surface area contributed by atoms with Crippen LogP contribution in [0.1, 0.15) is 35.0 Å². The van der Waals surface area contributed by atoms with Crippen LogP contribution in [0, 0.1) is 20.8 Å². The molecule has 1 N–H and O–H groups in total. The smallest absolute Gasteiger partial charge is 0.156 e. The molecule has 0 aliphatic rings. The Morgan fingerprint density at radius 2 is 2.00 bits per heavy atom. The molecule has 0 saturated heterocycles. The van der Waals surface area contributed by atoms with Crippen LogP contribution in [0.5, 0.6) is 0 Å². The molecule has 0 atom stereocenters. The van der Waals surface area contributed by atoms with Crippen LogP contribution >= 0.6 is 0 Å². The maximum atomic E-state index is 4.63. The summed E-state index contributed by atoms with van der Waals surface area (Å²) in [6, 6.07) is 2.17. The second-order valence-electron chi connectivity index (χ2n) is 4.93. The zero-order valence-corrected chi connectivity index (χ0v) is 12.4. The molecular weight excluding hydrogens is 236 g/mol. The first-order chi connectivity index (χ1) is 9.08. The van der Waals surface area contributed by atoms with E-state index in [1.54, 1.807) is 0 Å². The van der Waals surface area contributed by atoms with E-state index in [9.17, 15) is 0 Å². The summed E-state index contributed by atoms with van der Waals surface area (Å²) in [6.07, 6.45) is 2.93. The molecule has 19 heavy (non-hydrogen) atoms. The molecule has 0 bridgehead atoms. The summed E-state index contributed by atoms with van der Waals surface area (Å²) in [4.78, 5) is 4.58. The summed E-state index contributed by atoms with van der Waals surface area (Å²) in [6.45, 7) is 9.27. The normalized spacial score (nSPS) is 11.0. The lowest BCUT2D eigenvalue weighted by Crippen LogP contribution is -2.09. The molecule has 0 unspecified atom stereocenters. The molecular formula is C15H22N4. The molecule has 2 heterocycles. The standard InChI is InChI=1S/C15H22N4/c1-6-14-11(3)18-19(12(14)4)15-10(2)7-13(8-16-5)9-17-15/h7,9,16H,6,8H2,1-5H3. The zero-order valence-electron chi connectivity index (χ0n) is 12.4. The van der Waals surface area contributed by atoms with Gasteiger partial charge in [0.2, 0.25) is 0 Å². The van der Waals surface area contributed by atoms with Crippen molar-refractivity contribution in [3.63, 3.8) is 0 Å². The topological polar surface area (TPSA) is 42.7 Å². The highest BCUT2D eigenvalue weighted by Crippen LogP contribution is 2.19. The van der Waals surface area contributed by atoms with Crippen molar-refractivity contribution in [2.45, 2.75) is 40.7 Å². The maximum absolute atomic E-state index is 4.63. The molecule has 0 aromatic carbocycles. The first kappa shape index (κ1) is 13.7. The van der Waals surface area contributed by atoms with Gasteiger partial charge in [0, 0.05) is 18.4 Å². The molecule has 0 radical (unpaired) electrons. The number of rotatable bonds is 4. The van der Waals surface area contributed by atoms with Crippen LogP contribution in [0.15, 0.2) is 12.3 Å². The number of nitrogens with one attached hydrogen (secondary N) is 1. The van der Waals surface area contributed by atoms with E-state index in [-0.39, 0.29) is 0 Å². The SMILES string of the molecule is CCc1c(C)nn(-c2ncc(CNC)cc2C)c1C. The van der Waals surface area contributed by atoms with E-state index in [1.165, 1.54) is 16.8 Å². The molecule has 4 heteroatoms. The summed E-state index contributed by atoms with van der Waals surface area (Å²) in [5.74, 6) is 0.931. The fraction of sp³-hybridized carbons (Fsp3) is 0.467. The average Bonchev–Trinajstić information content (AvgIpc) is 2.65. The number of hydrogen-bond donors (Lipinski definition) is 1. The van der Waals surface area contributed by atoms with Gasteiger partial charge in [0.1, 0.15) is 0 Å². The van der Waals surface area contributed by atoms with Crippen molar-refractivity contribution >= 4 is 0 Å². The van der Waals surface area contributed by atoms with Crippen LogP contribution in [-0.4, -0.2) is 21.8 Å². The van der Waals surface area contributed by atoms with Crippen LogP contribution in [0.3, 0.4) is 0 Å². The van der Waals surface area contributed by atoms with Gasteiger partial charge in [-0.25, -0.2) is 9.67 Å². The molecule has 2 aromatic rings. The number of pyridine rings is 1. The second kappa shape index (κ2) is 5.53. The monoisotopic (exact) mass is 258 g/mol. The van der Waals surface area contributed by atoms with Crippen molar-refractivity contribution in [2.75, 3.05) is 7.05 Å². The van der Waals surface area contributed by atoms with Crippen LogP contribution in [0.2, 0.25) is 0 Å².